The van der Waals surface area contributed by atoms with Crippen LogP contribution in [-0.4, -0.2) is 23.7 Å². The first-order valence-corrected chi connectivity index (χ1v) is 8.39. The number of nitrogens with zero attached hydrogens (tertiary/aromatic N) is 1. The first kappa shape index (κ1) is 18.3. The van der Waals surface area contributed by atoms with Gasteiger partial charge in [-0.05, 0) is 42.0 Å². The molecule has 2 aromatic carbocycles. The van der Waals surface area contributed by atoms with Crippen LogP contribution in [-0.2, 0) is 4.79 Å². The second-order valence-electron chi connectivity index (χ2n) is 5.12. The number of carbonyl (C=O) groups is 1. The van der Waals surface area contributed by atoms with Gasteiger partial charge in [0.25, 0.3) is 0 Å². The number of benzene rings is 2. The van der Waals surface area contributed by atoms with Crippen molar-refractivity contribution in [3.05, 3.63) is 69.2 Å². The van der Waals surface area contributed by atoms with E-state index in [4.69, 9.17) is 16.3 Å². The Kier molecular flexibility index (Phi) is 6.63. The van der Waals surface area contributed by atoms with Crippen molar-refractivity contribution in [2.45, 2.75) is 17.2 Å². The number of carbonyl (C=O) groups excluding carboxylic acids is 1. The van der Waals surface area contributed by atoms with Crippen molar-refractivity contribution in [1.82, 2.24) is 0 Å². The predicted octanol–water partition coefficient (Wildman–Crippen LogP) is 4.42. The Morgan fingerprint density at radius 3 is 2.38 bits per heavy atom. The maximum absolute atomic E-state index is 12.3. The molecule has 0 fully saturated rings. The summed E-state index contributed by atoms with van der Waals surface area (Å²) in [5.74, 6) is 0.231. The molecule has 0 aliphatic rings. The maximum atomic E-state index is 12.3. The highest BCUT2D eigenvalue weighted by molar-refractivity contribution is 8.13. The normalized spacial score (nSPS) is 11.8. The monoisotopic (exact) mass is 365 g/mol. The second kappa shape index (κ2) is 8.70. The van der Waals surface area contributed by atoms with Crippen LogP contribution in [0.15, 0.2) is 53.4 Å². The summed E-state index contributed by atoms with van der Waals surface area (Å²) >= 11 is 6.92. The molecule has 0 aliphatic heterocycles. The Bertz CT molecular complexity index is 704. The molecule has 0 saturated carbocycles. The highest BCUT2D eigenvalue weighted by Crippen LogP contribution is 2.28. The minimum Gasteiger partial charge on any atom is -0.497 e. The van der Waals surface area contributed by atoms with Crippen molar-refractivity contribution in [2.24, 2.45) is 0 Å². The number of nitro groups is 1. The third kappa shape index (κ3) is 5.54. The fourth-order valence-corrected chi connectivity index (χ4v) is 3.17. The largest absolute Gasteiger partial charge is 0.497 e. The summed E-state index contributed by atoms with van der Waals surface area (Å²) in [6.45, 7) is -0.295. The van der Waals surface area contributed by atoms with E-state index >= 15 is 0 Å². The van der Waals surface area contributed by atoms with E-state index in [0.717, 1.165) is 22.2 Å². The molecule has 0 aromatic heterocycles. The Morgan fingerprint density at radius 1 is 1.21 bits per heavy atom. The predicted molar refractivity (Wildman–Crippen MR) is 94.5 cm³/mol. The van der Waals surface area contributed by atoms with E-state index in [1.807, 2.05) is 0 Å². The van der Waals surface area contributed by atoms with Crippen LogP contribution in [0.25, 0.3) is 0 Å². The molecular weight excluding hydrogens is 350 g/mol. The van der Waals surface area contributed by atoms with E-state index in [2.05, 4.69) is 0 Å². The Labute approximate surface area is 149 Å². The molecule has 5 nitrogen and oxygen atoms in total. The minimum absolute atomic E-state index is 0.0826. The van der Waals surface area contributed by atoms with Crippen LogP contribution in [0.3, 0.4) is 0 Å². The van der Waals surface area contributed by atoms with Gasteiger partial charge in [-0.25, -0.2) is 0 Å². The SMILES string of the molecule is COc1ccc(SC(=O)C[C@H](C[N+](=O)[O-])c2ccc(Cl)cc2)cc1. The fourth-order valence-electron chi connectivity index (χ4n) is 2.22. The van der Waals surface area contributed by atoms with Crippen LogP contribution in [0.1, 0.15) is 17.9 Å². The molecule has 24 heavy (non-hydrogen) atoms. The molecular formula is C17H16ClNO4S. The van der Waals surface area contributed by atoms with Gasteiger partial charge in [-0.1, -0.05) is 35.5 Å². The summed E-state index contributed by atoms with van der Waals surface area (Å²) in [7, 11) is 1.57. The molecule has 0 aliphatic carbocycles. The molecule has 2 aromatic rings. The van der Waals surface area contributed by atoms with Gasteiger partial charge < -0.3 is 4.74 Å². The number of hydrogen-bond acceptors (Lipinski definition) is 5. The summed E-state index contributed by atoms with van der Waals surface area (Å²) in [4.78, 5) is 23.6. The molecule has 0 amide bonds. The van der Waals surface area contributed by atoms with Crippen LogP contribution in [0.4, 0.5) is 0 Å². The zero-order valence-corrected chi connectivity index (χ0v) is 14.5. The number of hydrogen-bond donors (Lipinski definition) is 0. The number of ether oxygens (including phenoxy) is 1. The van der Waals surface area contributed by atoms with Crippen LogP contribution >= 0.6 is 23.4 Å². The Hall–Kier alpha value is -2.05. The molecule has 0 saturated heterocycles. The quantitative estimate of drug-likeness (QED) is 0.412. The van der Waals surface area contributed by atoms with Gasteiger partial charge in [0.15, 0.2) is 5.12 Å². The van der Waals surface area contributed by atoms with Gasteiger partial charge in [-0.15, -0.1) is 0 Å². The summed E-state index contributed by atoms with van der Waals surface area (Å²) < 4.78 is 5.07. The van der Waals surface area contributed by atoms with Crippen LogP contribution in [0.5, 0.6) is 5.75 Å². The number of rotatable bonds is 7. The zero-order chi connectivity index (χ0) is 17.5. The van der Waals surface area contributed by atoms with Gasteiger partial charge in [0.1, 0.15) is 5.75 Å². The third-order valence-corrected chi connectivity index (χ3v) is 4.57. The second-order valence-corrected chi connectivity index (χ2v) is 6.68. The van der Waals surface area contributed by atoms with Gasteiger partial charge >= 0.3 is 0 Å². The van der Waals surface area contributed by atoms with Crippen molar-refractivity contribution in [1.29, 1.82) is 0 Å². The summed E-state index contributed by atoms with van der Waals surface area (Å²) in [5, 5.41) is 11.3. The van der Waals surface area contributed by atoms with Crippen LogP contribution < -0.4 is 4.74 Å². The minimum atomic E-state index is -0.476. The first-order valence-electron chi connectivity index (χ1n) is 7.20. The highest BCUT2D eigenvalue weighted by Gasteiger charge is 2.22. The molecule has 0 bridgehead atoms. The van der Waals surface area contributed by atoms with Gasteiger partial charge in [0, 0.05) is 21.3 Å². The lowest BCUT2D eigenvalue weighted by Gasteiger charge is -2.12. The van der Waals surface area contributed by atoms with E-state index in [-0.39, 0.29) is 18.1 Å². The average molecular weight is 366 g/mol. The van der Waals surface area contributed by atoms with E-state index in [0.29, 0.717) is 10.8 Å². The van der Waals surface area contributed by atoms with Gasteiger partial charge in [-0.3, -0.25) is 14.9 Å². The average Bonchev–Trinajstić information content (AvgIpc) is 2.55. The zero-order valence-electron chi connectivity index (χ0n) is 13.0. The Balaban J connectivity index is 2.05. The third-order valence-electron chi connectivity index (χ3n) is 3.42. The topological polar surface area (TPSA) is 69.4 Å². The van der Waals surface area contributed by atoms with E-state index in [1.165, 1.54) is 0 Å². The molecule has 2 rings (SSSR count). The highest BCUT2D eigenvalue weighted by atomic mass is 35.5. The summed E-state index contributed by atoms with van der Waals surface area (Å²) in [6, 6.07) is 13.9. The van der Waals surface area contributed by atoms with Gasteiger partial charge in [0.2, 0.25) is 6.54 Å². The number of thioether (sulfide) groups is 1. The van der Waals surface area contributed by atoms with Gasteiger partial charge in [-0.2, -0.15) is 0 Å². The standard InChI is InChI=1S/C17H16ClNO4S/c1-23-15-6-8-16(9-7-15)24-17(20)10-13(11-19(21)22)12-2-4-14(18)5-3-12/h2-9,13H,10-11H2,1H3/t13-/m1/s1. The lowest BCUT2D eigenvalue weighted by atomic mass is 9.96. The lowest BCUT2D eigenvalue weighted by molar-refractivity contribution is -0.483. The molecule has 126 valence electrons. The molecule has 1 atom stereocenters. The summed E-state index contributed by atoms with van der Waals surface area (Å²) in [5.41, 5.74) is 0.736. The molecule has 0 spiro atoms. The molecule has 0 heterocycles. The smallest absolute Gasteiger partial charge is 0.211 e. The van der Waals surface area contributed by atoms with Crippen molar-refractivity contribution in [3.63, 3.8) is 0 Å². The van der Waals surface area contributed by atoms with Crippen molar-refractivity contribution >= 4 is 28.5 Å². The van der Waals surface area contributed by atoms with E-state index < -0.39 is 10.8 Å². The maximum Gasteiger partial charge on any atom is 0.211 e. The van der Waals surface area contributed by atoms with Gasteiger partial charge in [0.05, 0.1) is 13.0 Å². The Morgan fingerprint density at radius 2 is 1.83 bits per heavy atom. The molecule has 0 unspecified atom stereocenters. The molecule has 7 heteroatoms. The molecule has 0 N–H and O–H groups in total. The molecule has 0 radical (unpaired) electrons. The fraction of sp³-hybridized carbons (Fsp3) is 0.235. The number of methoxy groups -OCH3 is 1. The van der Waals surface area contributed by atoms with Crippen molar-refractivity contribution in [3.8, 4) is 5.75 Å². The van der Waals surface area contributed by atoms with E-state index in [9.17, 15) is 14.9 Å². The lowest BCUT2D eigenvalue weighted by Crippen LogP contribution is -2.15. The summed E-state index contributed by atoms with van der Waals surface area (Å²) in [6.07, 6.45) is 0.0826. The number of halogens is 1. The van der Waals surface area contributed by atoms with Crippen molar-refractivity contribution in [2.75, 3.05) is 13.7 Å². The van der Waals surface area contributed by atoms with Crippen LogP contribution in [0, 0.1) is 10.1 Å². The van der Waals surface area contributed by atoms with Crippen molar-refractivity contribution < 1.29 is 14.5 Å². The first-order chi connectivity index (χ1) is 11.5. The van der Waals surface area contributed by atoms with Crippen LogP contribution in [0.2, 0.25) is 5.02 Å². The van der Waals surface area contributed by atoms with E-state index in [1.54, 1.807) is 55.6 Å².